The lowest BCUT2D eigenvalue weighted by molar-refractivity contribution is 0.100. The zero-order chi connectivity index (χ0) is 18.2. The fourth-order valence-electron chi connectivity index (χ4n) is 4.03. The minimum atomic E-state index is -0.677. The number of aryl methyl sites for hydroxylation is 1. The molecule has 0 spiro atoms. The van der Waals surface area contributed by atoms with Crippen molar-refractivity contribution in [3.05, 3.63) is 59.2 Å². The summed E-state index contributed by atoms with van der Waals surface area (Å²) in [5.74, 6) is -1.52. The Labute approximate surface area is 145 Å². The molecule has 128 valence electrons. The van der Waals surface area contributed by atoms with Crippen LogP contribution in [0.2, 0.25) is 0 Å². The van der Waals surface area contributed by atoms with E-state index in [4.69, 9.17) is 5.73 Å². The van der Waals surface area contributed by atoms with Crippen LogP contribution >= 0.6 is 0 Å². The smallest absolute Gasteiger partial charge is 0.249 e. The largest absolute Gasteiger partial charge is 0.366 e. The highest BCUT2D eigenvalue weighted by Crippen LogP contribution is 2.41. The molecule has 5 aromatic rings. The standard InChI is InChI=1S/C20H13F2N3O/c1-8-13-15-9(21)4-2-6-11(15)24-18(13)19-17(14(8)20(23)26)16-10(22)5-3-7-12(16)25-19/h2-7,24-25H,1H3,(H2,23,26). The van der Waals surface area contributed by atoms with Gasteiger partial charge in [-0.15, -0.1) is 0 Å². The summed E-state index contributed by atoms with van der Waals surface area (Å²) in [4.78, 5) is 18.6. The van der Waals surface area contributed by atoms with E-state index in [-0.39, 0.29) is 5.56 Å². The second-order valence-corrected chi connectivity index (χ2v) is 6.44. The van der Waals surface area contributed by atoms with E-state index in [9.17, 15) is 13.6 Å². The Hall–Kier alpha value is -3.41. The van der Waals surface area contributed by atoms with Gasteiger partial charge in [-0.05, 0) is 36.8 Å². The Balaban J connectivity index is 2.20. The monoisotopic (exact) mass is 349 g/mol. The first-order chi connectivity index (χ1) is 12.5. The minimum Gasteiger partial charge on any atom is -0.366 e. The van der Waals surface area contributed by atoms with E-state index in [0.29, 0.717) is 49.2 Å². The number of carbonyl (C=O) groups is 1. The summed E-state index contributed by atoms with van der Waals surface area (Å²) in [5.41, 5.74) is 8.69. The molecule has 0 unspecified atom stereocenters. The molecular weight excluding hydrogens is 336 g/mol. The van der Waals surface area contributed by atoms with Gasteiger partial charge in [0.25, 0.3) is 0 Å². The number of rotatable bonds is 1. The number of fused-ring (bicyclic) bond motifs is 7. The van der Waals surface area contributed by atoms with Crippen LogP contribution in [0.4, 0.5) is 8.78 Å². The molecule has 4 nitrogen and oxygen atoms in total. The lowest BCUT2D eigenvalue weighted by Gasteiger charge is -2.08. The van der Waals surface area contributed by atoms with E-state index in [1.54, 1.807) is 31.2 Å². The summed E-state index contributed by atoms with van der Waals surface area (Å²) in [6.07, 6.45) is 0. The summed E-state index contributed by atoms with van der Waals surface area (Å²) in [6, 6.07) is 9.40. The highest BCUT2D eigenvalue weighted by Gasteiger charge is 2.24. The number of nitrogens with two attached hydrogens (primary N) is 1. The SMILES string of the molecule is Cc1c(C(N)=O)c2c([nH]c3cccc(F)c32)c2[nH]c3cccc(F)c3c12. The lowest BCUT2D eigenvalue weighted by atomic mass is 9.95. The topological polar surface area (TPSA) is 74.7 Å². The van der Waals surface area contributed by atoms with Crippen LogP contribution in [0, 0.1) is 18.6 Å². The van der Waals surface area contributed by atoms with Gasteiger partial charge in [0.1, 0.15) is 11.6 Å². The summed E-state index contributed by atoms with van der Waals surface area (Å²) >= 11 is 0. The van der Waals surface area contributed by atoms with E-state index in [0.717, 1.165) is 0 Å². The summed E-state index contributed by atoms with van der Waals surface area (Å²) in [6.45, 7) is 1.71. The highest BCUT2D eigenvalue weighted by molar-refractivity contribution is 6.29. The highest BCUT2D eigenvalue weighted by atomic mass is 19.1. The number of primary amides is 1. The summed E-state index contributed by atoms with van der Waals surface area (Å²) < 4.78 is 29.1. The van der Waals surface area contributed by atoms with Crippen molar-refractivity contribution in [2.45, 2.75) is 6.92 Å². The maximum absolute atomic E-state index is 14.6. The van der Waals surface area contributed by atoms with Crippen LogP contribution in [-0.4, -0.2) is 15.9 Å². The Morgan fingerprint density at radius 1 is 0.846 bits per heavy atom. The molecule has 0 radical (unpaired) electrons. The van der Waals surface area contributed by atoms with Crippen molar-refractivity contribution in [1.82, 2.24) is 9.97 Å². The van der Waals surface area contributed by atoms with Crippen LogP contribution in [0.5, 0.6) is 0 Å². The number of halogens is 2. The molecule has 0 saturated heterocycles. The van der Waals surface area contributed by atoms with Crippen LogP contribution in [0.3, 0.4) is 0 Å². The van der Waals surface area contributed by atoms with Gasteiger partial charge >= 0.3 is 0 Å². The number of H-pyrrole nitrogens is 2. The summed E-state index contributed by atoms with van der Waals surface area (Å²) in [7, 11) is 0. The van der Waals surface area contributed by atoms with Crippen molar-refractivity contribution < 1.29 is 13.6 Å². The van der Waals surface area contributed by atoms with Crippen molar-refractivity contribution >= 4 is 49.5 Å². The maximum atomic E-state index is 14.6. The van der Waals surface area contributed by atoms with Crippen molar-refractivity contribution in [2.75, 3.05) is 0 Å². The molecule has 4 N–H and O–H groups in total. The quantitative estimate of drug-likeness (QED) is 0.405. The molecule has 6 heteroatoms. The molecule has 2 aromatic heterocycles. The van der Waals surface area contributed by atoms with Gasteiger partial charge in [0.15, 0.2) is 0 Å². The minimum absolute atomic E-state index is 0.202. The Morgan fingerprint density at radius 3 is 1.88 bits per heavy atom. The second kappa shape index (κ2) is 4.82. The Bertz CT molecular complexity index is 1400. The number of aromatic amines is 2. The van der Waals surface area contributed by atoms with Crippen LogP contribution in [-0.2, 0) is 0 Å². The molecular formula is C20H13F2N3O. The molecule has 5 rings (SSSR count). The number of amides is 1. The first-order valence-electron chi connectivity index (χ1n) is 8.11. The number of hydrogen-bond donors (Lipinski definition) is 3. The van der Waals surface area contributed by atoms with Gasteiger partial charge in [-0.3, -0.25) is 4.79 Å². The number of carbonyl (C=O) groups excluding carboxylic acids is 1. The van der Waals surface area contributed by atoms with Gasteiger partial charge in [-0.2, -0.15) is 0 Å². The molecule has 0 aliphatic rings. The fraction of sp³-hybridized carbons (Fsp3) is 0.0500. The maximum Gasteiger partial charge on any atom is 0.249 e. The van der Waals surface area contributed by atoms with Crippen LogP contribution < -0.4 is 5.73 Å². The van der Waals surface area contributed by atoms with E-state index >= 15 is 0 Å². The zero-order valence-electron chi connectivity index (χ0n) is 13.7. The fourth-order valence-corrected chi connectivity index (χ4v) is 4.03. The van der Waals surface area contributed by atoms with Crippen LogP contribution in [0.25, 0.3) is 43.6 Å². The molecule has 1 amide bonds. The van der Waals surface area contributed by atoms with E-state index in [1.165, 1.54) is 12.1 Å². The molecule has 2 heterocycles. The van der Waals surface area contributed by atoms with Crippen molar-refractivity contribution in [3.8, 4) is 0 Å². The first kappa shape index (κ1) is 14.9. The number of nitrogens with one attached hydrogen (secondary N) is 2. The third-order valence-electron chi connectivity index (χ3n) is 5.04. The van der Waals surface area contributed by atoms with Gasteiger partial charge in [0.2, 0.25) is 5.91 Å². The van der Waals surface area contributed by atoms with E-state index in [2.05, 4.69) is 9.97 Å². The first-order valence-corrected chi connectivity index (χ1v) is 8.11. The van der Waals surface area contributed by atoms with Gasteiger partial charge in [-0.25, -0.2) is 8.78 Å². The predicted octanol–water partition coefficient (Wildman–Crippen LogP) is 4.64. The van der Waals surface area contributed by atoms with Gasteiger partial charge in [0.05, 0.1) is 16.6 Å². The zero-order valence-corrected chi connectivity index (χ0v) is 13.7. The van der Waals surface area contributed by atoms with Gasteiger partial charge in [0, 0.05) is 32.6 Å². The molecule has 0 saturated carbocycles. The second-order valence-electron chi connectivity index (χ2n) is 6.44. The number of benzene rings is 3. The van der Waals surface area contributed by atoms with Gasteiger partial charge < -0.3 is 15.7 Å². The number of aromatic nitrogens is 2. The average molecular weight is 349 g/mol. The van der Waals surface area contributed by atoms with Crippen molar-refractivity contribution in [3.63, 3.8) is 0 Å². The normalized spacial score (nSPS) is 12.0. The third kappa shape index (κ3) is 1.68. The molecule has 0 aliphatic heterocycles. The van der Waals surface area contributed by atoms with Crippen LogP contribution in [0.15, 0.2) is 36.4 Å². The molecule has 0 fully saturated rings. The van der Waals surface area contributed by atoms with Crippen molar-refractivity contribution in [2.24, 2.45) is 5.73 Å². The van der Waals surface area contributed by atoms with Crippen LogP contribution in [0.1, 0.15) is 15.9 Å². The van der Waals surface area contributed by atoms with E-state index < -0.39 is 17.5 Å². The van der Waals surface area contributed by atoms with Crippen molar-refractivity contribution in [1.29, 1.82) is 0 Å². The molecule has 26 heavy (non-hydrogen) atoms. The van der Waals surface area contributed by atoms with Gasteiger partial charge in [-0.1, -0.05) is 12.1 Å². The predicted molar refractivity (Wildman–Crippen MR) is 98.3 cm³/mol. The molecule has 3 aromatic carbocycles. The third-order valence-corrected chi connectivity index (χ3v) is 5.04. The molecule has 0 atom stereocenters. The molecule has 0 aliphatic carbocycles. The summed E-state index contributed by atoms with van der Waals surface area (Å²) in [5, 5.41) is 1.69. The number of hydrogen-bond acceptors (Lipinski definition) is 1. The lowest BCUT2D eigenvalue weighted by Crippen LogP contribution is -2.13. The molecule has 0 bridgehead atoms. The van der Waals surface area contributed by atoms with E-state index in [1.807, 2.05) is 0 Å². The Morgan fingerprint density at radius 2 is 1.35 bits per heavy atom. The Kier molecular flexibility index (Phi) is 2.76. The average Bonchev–Trinajstić information content (AvgIpc) is 3.15.